The summed E-state index contributed by atoms with van der Waals surface area (Å²) in [5.41, 5.74) is 31.7. The zero-order valence-electron chi connectivity index (χ0n) is 58.4. The van der Waals surface area contributed by atoms with E-state index in [-0.39, 0.29) is 0 Å². The molecule has 0 atom stereocenters. The third kappa shape index (κ3) is 9.27. The fourth-order valence-corrected chi connectivity index (χ4v) is 18.1. The van der Waals surface area contributed by atoms with Crippen molar-refractivity contribution >= 4 is 21.8 Å². The van der Waals surface area contributed by atoms with Crippen LogP contribution in [0.4, 0.5) is 0 Å². The number of hydrogen-bond donors (Lipinski definition) is 0. The van der Waals surface area contributed by atoms with Gasteiger partial charge < -0.3 is 9.47 Å². The van der Waals surface area contributed by atoms with E-state index in [0.29, 0.717) is 11.6 Å². The number of ether oxygens (including phenoxy) is 2. The number of nitrogens with zero attached hydrogens (tertiary/aromatic N) is 4. The minimum Gasteiger partial charge on any atom is -0.457 e. The summed E-state index contributed by atoms with van der Waals surface area (Å²) in [4.78, 5) is 21.4. The zero-order valence-corrected chi connectivity index (χ0v) is 58.4. The molecule has 4 aliphatic rings. The van der Waals surface area contributed by atoms with Crippen LogP contribution < -0.4 is 9.47 Å². The molecule has 2 aliphatic heterocycles. The van der Waals surface area contributed by atoms with Crippen LogP contribution in [0.25, 0.3) is 145 Å². The van der Waals surface area contributed by atoms with Crippen molar-refractivity contribution in [3.8, 4) is 146 Å². The summed E-state index contributed by atoms with van der Waals surface area (Å²) < 4.78 is 13.9. The Kier molecular flexibility index (Phi) is 13.7. The van der Waals surface area contributed by atoms with Crippen molar-refractivity contribution in [2.45, 2.75) is 10.8 Å². The maximum absolute atomic E-state index is 6.96. The van der Waals surface area contributed by atoms with Gasteiger partial charge in [-0.25, -0.2) is 19.9 Å². The lowest BCUT2D eigenvalue weighted by atomic mass is 9.66. The van der Waals surface area contributed by atoms with E-state index in [9.17, 15) is 0 Å². The molecule has 6 heteroatoms. The van der Waals surface area contributed by atoms with E-state index < -0.39 is 10.8 Å². The van der Waals surface area contributed by atoms with E-state index in [1.807, 2.05) is 18.2 Å². The summed E-state index contributed by atoms with van der Waals surface area (Å²) in [6.07, 6.45) is 0. The Morgan fingerprint density at radius 3 is 1.04 bits per heavy atom. The molecule has 0 amide bonds. The Bertz CT molecular complexity index is 6650. The summed E-state index contributed by atoms with van der Waals surface area (Å²) in [6, 6.07) is 135. The minimum absolute atomic E-state index is 0.527. The van der Waals surface area contributed by atoms with Crippen molar-refractivity contribution in [2.75, 3.05) is 0 Å². The first-order chi connectivity index (χ1) is 53.5. The van der Waals surface area contributed by atoms with Crippen molar-refractivity contribution in [2.24, 2.45) is 0 Å². The fourth-order valence-electron chi connectivity index (χ4n) is 18.1. The molecule has 22 rings (SSSR count). The monoisotopic (exact) mass is 1370 g/mol. The van der Waals surface area contributed by atoms with E-state index in [1.54, 1.807) is 0 Å². The van der Waals surface area contributed by atoms with Gasteiger partial charge >= 0.3 is 0 Å². The van der Waals surface area contributed by atoms with Crippen LogP contribution >= 0.6 is 0 Å². The second kappa shape index (κ2) is 24.2. The quantitative estimate of drug-likeness (QED) is 0.143. The van der Waals surface area contributed by atoms with Crippen LogP contribution in [0.5, 0.6) is 23.0 Å². The summed E-state index contributed by atoms with van der Waals surface area (Å²) in [7, 11) is 0. The van der Waals surface area contributed by atoms with Crippen LogP contribution in [0, 0.1) is 0 Å². The molecule has 2 aliphatic carbocycles. The highest BCUT2D eigenvalue weighted by atomic mass is 16.5. The highest BCUT2D eigenvalue weighted by Crippen LogP contribution is 2.64. The molecule has 16 aromatic carbocycles. The molecule has 0 N–H and O–H groups in total. The molecule has 0 saturated carbocycles. The van der Waals surface area contributed by atoms with E-state index >= 15 is 0 Å². The van der Waals surface area contributed by atoms with Gasteiger partial charge in [0, 0.05) is 55.3 Å². The second-order valence-electron chi connectivity index (χ2n) is 28.5. The van der Waals surface area contributed by atoms with Gasteiger partial charge in [-0.2, -0.15) is 0 Å². The maximum atomic E-state index is 6.96. The molecule has 0 bridgehead atoms. The first kappa shape index (κ1) is 61.3. The predicted molar refractivity (Wildman–Crippen MR) is 436 cm³/mol. The van der Waals surface area contributed by atoms with Gasteiger partial charge in [0.15, 0.2) is 11.6 Å². The number of hydrogen-bond acceptors (Lipinski definition) is 6. The first-order valence-corrected chi connectivity index (χ1v) is 36.9. The lowest BCUT2D eigenvalue weighted by Gasteiger charge is -2.39. The Morgan fingerprint density at radius 2 is 0.509 bits per heavy atom. The van der Waals surface area contributed by atoms with Gasteiger partial charge in [-0.15, -0.1) is 0 Å². The number of rotatable bonds is 9. The Balaban J connectivity index is 0.600. The topological polar surface area (TPSA) is 70.0 Å². The average Bonchev–Trinajstić information content (AvgIpc) is 1.50. The van der Waals surface area contributed by atoms with Gasteiger partial charge in [0.05, 0.1) is 33.3 Å². The molecular weight excluding hydrogens is 1310 g/mol. The molecule has 0 saturated heterocycles. The summed E-state index contributed by atoms with van der Waals surface area (Å²) in [5, 5.41) is 1.98. The number of aromatic nitrogens is 4. The summed E-state index contributed by atoms with van der Waals surface area (Å²) in [5.74, 6) is 4.75. The highest BCUT2D eigenvalue weighted by molar-refractivity contribution is 5.98. The lowest BCUT2D eigenvalue weighted by Crippen LogP contribution is -2.32. The standard InChI is InChI=1S/C102H62N4O2/c1-2-22-67(23-3-1)97-81-31-11-19-39-92(81)104-100(106-97)79-57-54-70(60-82(79)66-46-42-64(43-47-66)71-55-58-89-95(61-71)107-93-40-20-16-36-87(93)101(89)83-32-12-6-26-75(83)76-27-7-13-33-84(76)101)63-44-52-69(53-45-63)99-103-91-38-18-10-30-80(91)98(105-99)68-50-48-65(49-51-68)73-24-4-5-25-74(73)72-56-59-90-96(62-72)108-94-41-21-17-37-88(94)102(90)85-34-14-8-28-77(85)78-29-9-15-35-86(78)102/h1-62H. The number of fused-ring (bicyclic) bond motifs is 20. The third-order valence-electron chi connectivity index (χ3n) is 22.9. The Labute approximate surface area is 624 Å². The molecule has 502 valence electrons. The molecule has 0 unspecified atom stereocenters. The smallest absolute Gasteiger partial charge is 0.161 e. The second-order valence-corrected chi connectivity index (χ2v) is 28.5. The predicted octanol–water partition coefficient (Wildman–Crippen LogP) is 25.5. The van der Waals surface area contributed by atoms with Gasteiger partial charge in [-0.3, -0.25) is 0 Å². The molecule has 6 nitrogen and oxygen atoms in total. The molecule has 2 spiro atoms. The number of benzene rings is 16. The SMILES string of the molecule is c1ccc(-c2nc(-c3ccc(-c4ccc(-c5nc(-c6ccc(-c7ccccc7-c7ccc8c(c7)Oc7ccccc7C87c8ccccc8-c8ccccc87)cc6)c6ccccc6n5)cc4)cc3-c3ccc(-c4ccc5c(c4)Oc4ccccc4C54c5ccccc5-c5ccccc54)cc3)nc3ccccc23)cc1. The van der Waals surface area contributed by atoms with Gasteiger partial charge in [0.2, 0.25) is 0 Å². The van der Waals surface area contributed by atoms with E-state index in [0.717, 1.165) is 156 Å². The van der Waals surface area contributed by atoms with E-state index in [2.05, 4.69) is 358 Å². The van der Waals surface area contributed by atoms with Crippen LogP contribution in [0.1, 0.15) is 44.5 Å². The van der Waals surface area contributed by atoms with Crippen LogP contribution in [0.2, 0.25) is 0 Å². The molecule has 18 aromatic rings. The molecule has 108 heavy (non-hydrogen) atoms. The van der Waals surface area contributed by atoms with E-state index in [4.69, 9.17) is 29.4 Å². The fraction of sp³-hybridized carbons (Fsp3) is 0.0196. The van der Waals surface area contributed by atoms with Gasteiger partial charge in [-0.05, 0) is 149 Å². The average molecular weight is 1380 g/mol. The molecular formula is C102H62N4O2. The minimum atomic E-state index is -0.535. The Hall–Kier alpha value is -14.2. The maximum Gasteiger partial charge on any atom is 0.161 e. The summed E-state index contributed by atoms with van der Waals surface area (Å²) in [6.45, 7) is 0. The first-order valence-electron chi connectivity index (χ1n) is 36.9. The highest BCUT2D eigenvalue weighted by Gasteiger charge is 2.53. The van der Waals surface area contributed by atoms with Crippen LogP contribution in [-0.2, 0) is 10.8 Å². The lowest BCUT2D eigenvalue weighted by molar-refractivity contribution is 0.436. The number of para-hydroxylation sites is 4. The molecule has 0 radical (unpaired) electrons. The van der Waals surface area contributed by atoms with Crippen molar-refractivity contribution in [1.29, 1.82) is 0 Å². The van der Waals surface area contributed by atoms with Crippen molar-refractivity contribution < 1.29 is 9.47 Å². The normalized spacial score (nSPS) is 13.3. The van der Waals surface area contributed by atoms with Gasteiger partial charge in [0.25, 0.3) is 0 Å². The zero-order chi connectivity index (χ0) is 71.0. The molecule has 2 aromatic heterocycles. The largest absolute Gasteiger partial charge is 0.457 e. The third-order valence-corrected chi connectivity index (χ3v) is 22.9. The van der Waals surface area contributed by atoms with Crippen LogP contribution in [0.3, 0.4) is 0 Å². The van der Waals surface area contributed by atoms with E-state index in [1.165, 1.54) is 44.5 Å². The van der Waals surface area contributed by atoms with Crippen molar-refractivity contribution in [3.63, 3.8) is 0 Å². The van der Waals surface area contributed by atoms with Gasteiger partial charge in [0.1, 0.15) is 23.0 Å². The Morgan fingerprint density at radius 1 is 0.176 bits per heavy atom. The molecule has 0 fully saturated rings. The van der Waals surface area contributed by atoms with Crippen LogP contribution in [-0.4, -0.2) is 19.9 Å². The molecule has 4 heterocycles. The van der Waals surface area contributed by atoms with Crippen molar-refractivity contribution in [1.82, 2.24) is 19.9 Å². The van der Waals surface area contributed by atoms with Crippen molar-refractivity contribution in [3.05, 3.63) is 421 Å². The van der Waals surface area contributed by atoms with Gasteiger partial charge in [-0.1, -0.05) is 328 Å². The summed E-state index contributed by atoms with van der Waals surface area (Å²) >= 11 is 0. The van der Waals surface area contributed by atoms with Crippen LogP contribution in [0.15, 0.2) is 376 Å².